The largest absolute Gasteiger partial charge is 0.317 e. The summed E-state index contributed by atoms with van der Waals surface area (Å²) in [5, 5.41) is 15.2. The minimum absolute atomic E-state index is 0.163. The van der Waals surface area contributed by atoms with Crippen LogP contribution in [-0.2, 0) is 13.0 Å². The zero-order chi connectivity index (χ0) is 13.8. The Bertz CT molecular complexity index is 624. The lowest BCUT2D eigenvalue weighted by Crippen LogP contribution is -2.02. The van der Waals surface area contributed by atoms with Gasteiger partial charge in [-0.2, -0.15) is 5.10 Å². The molecule has 0 unspecified atom stereocenters. The van der Waals surface area contributed by atoms with Gasteiger partial charge < -0.3 is 0 Å². The van der Waals surface area contributed by atoms with Gasteiger partial charge in [0.05, 0.1) is 4.92 Å². The fourth-order valence-electron chi connectivity index (χ4n) is 1.70. The van der Waals surface area contributed by atoms with Crippen LogP contribution in [0, 0.1) is 10.1 Å². The van der Waals surface area contributed by atoms with E-state index in [1.165, 1.54) is 10.9 Å². The number of aldehydes is 1. The van der Waals surface area contributed by atoms with Gasteiger partial charge in [0, 0.05) is 11.6 Å². The van der Waals surface area contributed by atoms with E-state index in [1.54, 1.807) is 6.07 Å². The molecule has 0 N–H and O–H groups in total. The number of benzene rings is 1. The number of aryl methyl sites for hydroxylation is 2. The predicted molar refractivity (Wildman–Crippen MR) is 69.4 cm³/mol. The van der Waals surface area contributed by atoms with Crippen molar-refractivity contribution in [1.82, 2.24) is 9.78 Å². The molecule has 0 bridgehead atoms. The summed E-state index contributed by atoms with van der Waals surface area (Å²) in [6, 6.07) is 7.35. The van der Waals surface area contributed by atoms with Gasteiger partial charge in [-0.05, 0) is 18.1 Å². The van der Waals surface area contributed by atoms with E-state index in [-0.39, 0.29) is 11.4 Å². The Morgan fingerprint density at radius 2 is 2.16 bits per heavy atom. The van der Waals surface area contributed by atoms with E-state index in [9.17, 15) is 14.9 Å². The van der Waals surface area contributed by atoms with Crippen LogP contribution in [0.4, 0.5) is 5.69 Å². The summed E-state index contributed by atoms with van der Waals surface area (Å²) in [4.78, 5) is 20.7. The molecule has 0 amide bonds. The Balaban J connectivity index is 2.14. The smallest absolute Gasteiger partial charge is 0.296 e. The number of aromatic nitrogens is 2. The third kappa shape index (κ3) is 2.97. The molecular formula is C12H10ClN3O3. The highest BCUT2D eigenvalue weighted by Gasteiger charge is 2.18. The lowest BCUT2D eigenvalue weighted by atomic mass is 10.1. The van der Waals surface area contributed by atoms with Gasteiger partial charge in [-0.1, -0.05) is 29.8 Å². The van der Waals surface area contributed by atoms with Gasteiger partial charge in [0.1, 0.15) is 6.20 Å². The second-order valence-electron chi connectivity index (χ2n) is 3.88. The Labute approximate surface area is 113 Å². The SMILES string of the molecule is O=Cc1nn(CCc2ccccc2Cl)cc1[N+](=O)[O-]. The van der Waals surface area contributed by atoms with E-state index in [1.807, 2.05) is 18.2 Å². The fraction of sp³-hybridized carbons (Fsp3) is 0.167. The second kappa shape index (κ2) is 5.62. The number of carbonyl (C=O) groups excluding carboxylic acids is 1. The van der Waals surface area contributed by atoms with Crippen LogP contribution in [0.5, 0.6) is 0 Å². The summed E-state index contributed by atoms with van der Waals surface area (Å²) in [5.41, 5.74) is 0.480. The molecule has 0 saturated carbocycles. The molecular weight excluding hydrogens is 270 g/mol. The zero-order valence-corrected chi connectivity index (χ0v) is 10.6. The normalized spacial score (nSPS) is 10.4. The lowest BCUT2D eigenvalue weighted by Gasteiger charge is -2.03. The minimum atomic E-state index is -0.622. The molecule has 1 aromatic carbocycles. The highest BCUT2D eigenvalue weighted by Crippen LogP contribution is 2.18. The van der Waals surface area contributed by atoms with Crippen LogP contribution >= 0.6 is 11.6 Å². The zero-order valence-electron chi connectivity index (χ0n) is 9.82. The summed E-state index contributed by atoms with van der Waals surface area (Å²) in [6.07, 6.45) is 2.21. The molecule has 6 nitrogen and oxygen atoms in total. The highest BCUT2D eigenvalue weighted by atomic mass is 35.5. The average molecular weight is 280 g/mol. The molecule has 2 aromatic rings. The Hall–Kier alpha value is -2.21. The molecule has 0 radical (unpaired) electrons. The van der Waals surface area contributed by atoms with Crippen molar-refractivity contribution >= 4 is 23.6 Å². The van der Waals surface area contributed by atoms with Crippen molar-refractivity contribution in [2.45, 2.75) is 13.0 Å². The number of halogens is 1. The molecule has 0 aliphatic heterocycles. The van der Waals surface area contributed by atoms with E-state index >= 15 is 0 Å². The first kappa shape index (κ1) is 13.2. The molecule has 0 saturated heterocycles. The molecule has 19 heavy (non-hydrogen) atoms. The van der Waals surface area contributed by atoms with Crippen LogP contribution < -0.4 is 0 Å². The predicted octanol–water partition coefficient (Wildman–Crippen LogP) is 2.50. The van der Waals surface area contributed by atoms with Crippen LogP contribution in [0.3, 0.4) is 0 Å². The second-order valence-corrected chi connectivity index (χ2v) is 4.29. The third-order valence-electron chi connectivity index (χ3n) is 2.65. The van der Waals surface area contributed by atoms with Crippen molar-refractivity contribution in [1.29, 1.82) is 0 Å². The maximum absolute atomic E-state index is 10.7. The lowest BCUT2D eigenvalue weighted by molar-refractivity contribution is -0.385. The number of rotatable bonds is 5. The average Bonchev–Trinajstić information content (AvgIpc) is 2.81. The van der Waals surface area contributed by atoms with Crippen LogP contribution in [0.15, 0.2) is 30.5 Å². The molecule has 0 aliphatic rings. The number of carbonyl (C=O) groups is 1. The molecule has 0 aliphatic carbocycles. The van der Waals surface area contributed by atoms with Crippen LogP contribution in [0.2, 0.25) is 5.02 Å². The molecule has 0 spiro atoms. The van der Waals surface area contributed by atoms with Crippen molar-refractivity contribution in [2.75, 3.05) is 0 Å². The number of nitrogens with zero attached hydrogens (tertiary/aromatic N) is 3. The molecule has 1 heterocycles. The fourth-order valence-corrected chi connectivity index (χ4v) is 1.93. The summed E-state index contributed by atoms with van der Waals surface area (Å²) < 4.78 is 1.38. The standard InChI is InChI=1S/C12H10ClN3O3/c13-10-4-2-1-3-9(10)5-6-15-7-12(16(18)19)11(8-17)14-15/h1-4,7-8H,5-6H2. The van der Waals surface area contributed by atoms with Gasteiger partial charge in [-0.3, -0.25) is 19.6 Å². The highest BCUT2D eigenvalue weighted by molar-refractivity contribution is 6.31. The van der Waals surface area contributed by atoms with Crippen LogP contribution in [0.1, 0.15) is 16.1 Å². The maximum atomic E-state index is 10.7. The van der Waals surface area contributed by atoms with Gasteiger partial charge in [-0.15, -0.1) is 0 Å². The molecule has 98 valence electrons. The third-order valence-corrected chi connectivity index (χ3v) is 3.02. The van der Waals surface area contributed by atoms with E-state index in [4.69, 9.17) is 11.6 Å². The summed E-state index contributed by atoms with van der Waals surface area (Å²) >= 11 is 6.01. The summed E-state index contributed by atoms with van der Waals surface area (Å²) in [7, 11) is 0. The number of hydrogen-bond acceptors (Lipinski definition) is 4. The van der Waals surface area contributed by atoms with Gasteiger partial charge in [0.25, 0.3) is 0 Å². The van der Waals surface area contributed by atoms with E-state index in [0.29, 0.717) is 24.3 Å². The Kier molecular flexibility index (Phi) is 3.91. The van der Waals surface area contributed by atoms with Gasteiger partial charge in [-0.25, -0.2) is 0 Å². The van der Waals surface area contributed by atoms with E-state index in [2.05, 4.69) is 5.10 Å². The quantitative estimate of drug-likeness (QED) is 0.478. The maximum Gasteiger partial charge on any atom is 0.317 e. The first-order valence-electron chi connectivity index (χ1n) is 5.52. The monoisotopic (exact) mass is 279 g/mol. The van der Waals surface area contributed by atoms with Gasteiger partial charge >= 0.3 is 5.69 Å². The minimum Gasteiger partial charge on any atom is -0.296 e. The summed E-state index contributed by atoms with van der Waals surface area (Å²) in [5.74, 6) is 0. The Morgan fingerprint density at radius 3 is 2.74 bits per heavy atom. The Morgan fingerprint density at radius 1 is 1.42 bits per heavy atom. The topological polar surface area (TPSA) is 78.0 Å². The van der Waals surface area contributed by atoms with Crippen LogP contribution in [0.25, 0.3) is 0 Å². The molecule has 7 heteroatoms. The first-order chi connectivity index (χ1) is 9.11. The van der Waals surface area contributed by atoms with Crippen molar-refractivity contribution in [3.63, 3.8) is 0 Å². The van der Waals surface area contributed by atoms with Crippen molar-refractivity contribution in [2.24, 2.45) is 0 Å². The van der Waals surface area contributed by atoms with Gasteiger partial charge in [0.15, 0.2) is 6.29 Å². The molecule has 0 atom stereocenters. The molecule has 0 fully saturated rings. The van der Waals surface area contributed by atoms with E-state index in [0.717, 1.165) is 5.56 Å². The molecule has 1 aromatic heterocycles. The first-order valence-corrected chi connectivity index (χ1v) is 5.90. The van der Waals surface area contributed by atoms with Crippen molar-refractivity contribution in [3.8, 4) is 0 Å². The summed E-state index contributed by atoms with van der Waals surface area (Å²) in [6.45, 7) is 0.415. The van der Waals surface area contributed by atoms with E-state index < -0.39 is 4.92 Å². The van der Waals surface area contributed by atoms with Crippen LogP contribution in [-0.4, -0.2) is 21.0 Å². The van der Waals surface area contributed by atoms with Crippen molar-refractivity contribution < 1.29 is 9.72 Å². The number of nitro groups is 1. The number of hydrogen-bond donors (Lipinski definition) is 0. The van der Waals surface area contributed by atoms with Gasteiger partial charge in [0.2, 0.25) is 5.69 Å². The molecule has 2 rings (SSSR count). The van der Waals surface area contributed by atoms with Crippen molar-refractivity contribution in [3.05, 3.63) is 56.9 Å².